The number of nitrogens with one attached hydrogen (secondary N) is 2. The number of nitrogens with zero attached hydrogens (tertiary/aromatic N) is 3. The molecule has 43 heavy (non-hydrogen) atoms. The third-order valence-electron chi connectivity index (χ3n) is 8.60. The smallest absolute Gasteiger partial charge is 0.261 e. The first kappa shape index (κ1) is 31.7. The molecule has 3 heterocycles. The van der Waals surface area contributed by atoms with Crippen molar-refractivity contribution in [2.45, 2.75) is 71.5 Å². The number of unbranched alkanes of at least 4 members (excludes halogenated alkanes) is 1. The van der Waals surface area contributed by atoms with Crippen LogP contribution in [0.3, 0.4) is 0 Å². The minimum absolute atomic E-state index is 0.0785. The van der Waals surface area contributed by atoms with E-state index >= 15 is 0 Å². The first-order valence-electron chi connectivity index (χ1n) is 15.7. The summed E-state index contributed by atoms with van der Waals surface area (Å²) in [5.41, 5.74) is 1.33. The zero-order valence-electron chi connectivity index (χ0n) is 25.5. The van der Waals surface area contributed by atoms with Crippen LogP contribution < -0.4 is 25.0 Å². The van der Waals surface area contributed by atoms with Crippen LogP contribution in [0, 0.1) is 11.8 Å². The molecule has 2 aromatic carbocycles. The number of rotatable bonds is 12. The monoisotopic (exact) mass is 625 g/mol. The molecule has 2 unspecified atom stereocenters. The van der Waals surface area contributed by atoms with Crippen LogP contribution in [-0.2, 0) is 0 Å². The highest BCUT2D eigenvalue weighted by Crippen LogP contribution is 2.37. The molecule has 0 saturated carbocycles. The van der Waals surface area contributed by atoms with E-state index in [-0.39, 0.29) is 18.1 Å². The number of carbonyl (C=O) groups is 1. The first-order chi connectivity index (χ1) is 20.9. The summed E-state index contributed by atoms with van der Waals surface area (Å²) in [6.45, 7) is 11.1. The Bertz CT molecular complexity index is 1300. The van der Waals surface area contributed by atoms with Crippen molar-refractivity contribution in [3.8, 4) is 22.1 Å². The molecule has 0 aliphatic carbocycles. The number of amides is 1. The maximum Gasteiger partial charge on any atom is 0.261 e. The molecule has 10 heteroatoms. The number of ether oxygens (including phenoxy) is 2. The minimum Gasteiger partial charge on any atom is -0.490 e. The zero-order valence-corrected chi connectivity index (χ0v) is 27.1. The molecule has 2 aliphatic heterocycles. The van der Waals surface area contributed by atoms with Gasteiger partial charge in [0.05, 0.1) is 22.8 Å². The lowest BCUT2D eigenvalue weighted by atomic mass is 9.93. The minimum atomic E-state index is -0.172. The molecule has 2 fully saturated rings. The van der Waals surface area contributed by atoms with E-state index in [1.54, 1.807) is 17.0 Å². The average Bonchev–Trinajstić information content (AvgIpc) is 3.52. The van der Waals surface area contributed by atoms with Gasteiger partial charge in [0, 0.05) is 18.2 Å². The Kier molecular flexibility index (Phi) is 11.3. The number of benzene rings is 2. The van der Waals surface area contributed by atoms with Crippen LogP contribution in [0.4, 0.5) is 5.13 Å². The Morgan fingerprint density at radius 3 is 2.09 bits per heavy atom. The van der Waals surface area contributed by atoms with Crippen molar-refractivity contribution in [2.75, 3.05) is 37.6 Å². The topological polar surface area (TPSA) is 88.6 Å². The van der Waals surface area contributed by atoms with Crippen molar-refractivity contribution in [1.29, 1.82) is 0 Å². The summed E-state index contributed by atoms with van der Waals surface area (Å²) in [7, 11) is 0. The Morgan fingerprint density at radius 2 is 1.53 bits per heavy atom. The van der Waals surface area contributed by atoms with Crippen LogP contribution in [0.1, 0.15) is 69.7 Å². The van der Waals surface area contributed by atoms with Gasteiger partial charge in [-0.15, -0.1) is 10.2 Å². The number of hydrogen-bond acceptors (Lipinski definition) is 8. The standard InChI is InChI=1S/C33H44ClN5O3S/c1-4-5-18-39(32(40)29-8-6-7-9-30(29)34)33-38-37-31(43-33)26-19-27(41-22(2)24-10-14-35-15-11-24)21-28(20-26)42-23(3)25-12-16-36-17-13-25/h6-9,19-25,35-36H,4-5,10-18H2,1-3H3. The second kappa shape index (κ2) is 15.3. The predicted molar refractivity (Wildman–Crippen MR) is 175 cm³/mol. The summed E-state index contributed by atoms with van der Waals surface area (Å²) in [6.07, 6.45) is 6.35. The lowest BCUT2D eigenvalue weighted by Crippen LogP contribution is -2.35. The summed E-state index contributed by atoms with van der Waals surface area (Å²) < 4.78 is 13.1. The highest BCUT2D eigenvalue weighted by molar-refractivity contribution is 7.18. The molecule has 8 nitrogen and oxygen atoms in total. The maximum absolute atomic E-state index is 13.6. The fraction of sp³-hybridized carbons (Fsp3) is 0.545. The molecular weight excluding hydrogens is 582 g/mol. The van der Waals surface area contributed by atoms with Crippen LogP contribution >= 0.6 is 22.9 Å². The van der Waals surface area contributed by atoms with E-state index in [0.717, 1.165) is 81.8 Å². The van der Waals surface area contributed by atoms with Crippen molar-refractivity contribution in [3.05, 3.63) is 53.1 Å². The molecule has 3 aromatic rings. The number of hydrogen-bond donors (Lipinski definition) is 2. The molecule has 5 rings (SSSR count). The van der Waals surface area contributed by atoms with E-state index in [9.17, 15) is 4.79 Å². The van der Waals surface area contributed by atoms with Gasteiger partial charge in [0.1, 0.15) is 16.5 Å². The molecule has 1 amide bonds. The van der Waals surface area contributed by atoms with Gasteiger partial charge in [-0.2, -0.15) is 0 Å². The van der Waals surface area contributed by atoms with Gasteiger partial charge < -0.3 is 20.1 Å². The van der Waals surface area contributed by atoms with Gasteiger partial charge in [0.2, 0.25) is 5.13 Å². The van der Waals surface area contributed by atoms with Crippen molar-refractivity contribution in [2.24, 2.45) is 11.8 Å². The molecule has 232 valence electrons. The second-order valence-electron chi connectivity index (χ2n) is 11.7. The van der Waals surface area contributed by atoms with Crippen molar-refractivity contribution in [3.63, 3.8) is 0 Å². The first-order valence-corrected chi connectivity index (χ1v) is 16.9. The molecule has 2 saturated heterocycles. The third kappa shape index (κ3) is 8.26. The quantitative estimate of drug-likeness (QED) is 0.228. The number of anilines is 1. The van der Waals surface area contributed by atoms with Crippen LogP contribution in [0.2, 0.25) is 5.02 Å². The number of halogens is 1. The van der Waals surface area contributed by atoms with E-state index in [1.807, 2.05) is 30.3 Å². The van der Waals surface area contributed by atoms with Gasteiger partial charge in [0.15, 0.2) is 0 Å². The zero-order chi connectivity index (χ0) is 30.2. The highest BCUT2D eigenvalue weighted by Gasteiger charge is 2.26. The normalized spacial score (nSPS) is 17.8. The van der Waals surface area contributed by atoms with Crippen LogP contribution in [0.5, 0.6) is 11.5 Å². The summed E-state index contributed by atoms with van der Waals surface area (Å²) in [4.78, 5) is 15.3. The van der Waals surface area contributed by atoms with Gasteiger partial charge in [-0.05, 0) is 108 Å². The van der Waals surface area contributed by atoms with Gasteiger partial charge >= 0.3 is 0 Å². The van der Waals surface area contributed by atoms with Gasteiger partial charge in [-0.3, -0.25) is 9.69 Å². The summed E-state index contributed by atoms with van der Waals surface area (Å²) in [6, 6.07) is 13.2. The molecule has 0 bridgehead atoms. The highest BCUT2D eigenvalue weighted by atomic mass is 35.5. The Hall–Kier alpha value is -2.72. The Labute approximate surface area is 264 Å². The van der Waals surface area contributed by atoms with E-state index in [1.165, 1.54) is 11.3 Å². The fourth-order valence-electron chi connectivity index (χ4n) is 5.90. The predicted octanol–water partition coefficient (Wildman–Crippen LogP) is 6.84. The average molecular weight is 626 g/mol. The Balaban J connectivity index is 1.43. The molecule has 1 aromatic heterocycles. The van der Waals surface area contributed by atoms with Crippen LogP contribution in [0.15, 0.2) is 42.5 Å². The third-order valence-corrected chi connectivity index (χ3v) is 9.92. The molecular formula is C33H44ClN5O3S. The van der Waals surface area contributed by atoms with E-state index < -0.39 is 0 Å². The van der Waals surface area contributed by atoms with Crippen molar-refractivity contribution in [1.82, 2.24) is 20.8 Å². The van der Waals surface area contributed by atoms with Gasteiger partial charge in [-0.1, -0.05) is 48.4 Å². The van der Waals surface area contributed by atoms with Crippen molar-refractivity contribution >= 4 is 34.0 Å². The maximum atomic E-state index is 13.6. The summed E-state index contributed by atoms with van der Waals surface area (Å²) >= 11 is 7.80. The van der Waals surface area contributed by atoms with E-state index in [2.05, 4.69) is 41.6 Å². The number of aromatic nitrogens is 2. The molecule has 2 aliphatic rings. The molecule has 0 spiro atoms. The van der Waals surface area contributed by atoms with E-state index in [0.29, 0.717) is 39.1 Å². The Morgan fingerprint density at radius 1 is 0.953 bits per heavy atom. The largest absolute Gasteiger partial charge is 0.490 e. The molecule has 0 radical (unpaired) electrons. The van der Waals surface area contributed by atoms with Crippen LogP contribution in [-0.4, -0.2) is 61.0 Å². The molecule has 2 N–H and O–H groups in total. The summed E-state index contributed by atoms with van der Waals surface area (Å²) in [5, 5.41) is 17.6. The SMILES string of the molecule is CCCCN(C(=O)c1ccccc1Cl)c1nnc(-c2cc(OC(C)C3CCNCC3)cc(OC(C)C3CCNCC3)c2)s1. The summed E-state index contributed by atoms with van der Waals surface area (Å²) in [5.74, 6) is 2.36. The van der Waals surface area contributed by atoms with Gasteiger partial charge in [-0.25, -0.2) is 0 Å². The lowest BCUT2D eigenvalue weighted by Gasteiger charge is -2.30. The second-order valence-corrected chi connectivity index (χ2v) is 13.1. The van der Waals surface area contributed by atoms with Gasteiger partial charge in [0.25, 0.3) is 5.91 Å². The van der Waals surface area contributed by atoms with Crippen LogP contribution in [0.25, 0.3) is 10.6 Å². The lowest BCUT2D eigenvalue weighted by molar-refractivity contribution is 0.0986. The fourth-order valence-corrected chi connectivity index (χ4v) is 6.97. The molecule has 2 atom stereocenters. The number of piperidine rings is 2. The van der Waals surface area contributed by atoms with E-state index in [4.69, 9.17) is 21.1 Å². The number of carbonyl (C=O) groups excluding carboxylic acids is 1. The van der Waals surface area contributed by atoms with Crippen molar-refractivity contribution < 1.29 is 14.3 Å².